The third kappa shape index (κ3) is 1.49. The van der Waals surface area contributed by atoms with Crippen molar-refractivity contribution in [3.8, 4) is 11.5 Å². The van der Waals surface area contributed by atoms with Crippen molar-refractivity contribution in [2.24, 2.45) is 0 Å². The first-order chi connectivity index (χ1) is 7.84. The van der Waals surface area contributed by atoms with Gasteiger partial charge in [-0.05, 0) is 13.0 Å². The maximum Gasteiger partial charge on any atom is 0.182 e. The van der Waals surface area contributed by atoms with Gasteiger partial charge in [0.1, 0.15) is 5.76 Å². The molecular formula is C11H12N4O. The minimum atomic E-state index is 0.435. The zero-order valence-corrected chi connectivity index (χ0v) is 8.97. The molecule has 82 valence electrons. The zero-order chi connectivity index (χ0) is 11.0. The fourth-order valence-corrected chi connectivity index (χ4v) is 1.91. The number of fused-ring (bicyclic) bond motifs is 1. The average molecular weight is 216 g/mol. The number of hydrogen-bond acceptors (Lipinski definition) is 5. The van der Waals surface area contributed by atoms with Gasteiger partial charge in [0.05, 0.1) is 0 Å². The Bertz CT molecular complexity index is 494. The molecule has 5 nitrogen and oxygen atoms in total. The van der Waals surface area contributed by atoms with E-state index in [4.69, 9.17) is 4.52 Å². The SMILES string of the molecule is C[C@H]1Cc2onc(-c3ncccn3)c2CN1. The number of rotatable bonds is 1. The van der Waals surface area contributed by atoms with Gasteiger partial charge in [-0.1, -0.05) is 5.16 Å². The van der Waals surface area contributed by atoms with Crippen molar-refractivity contribution in [2.75, 3.05) is 0 Å². The minimum Gasteiger partial charge on any atom is -0.360 e. The maximum atomic E-state index is 5.34. The molecule has 0 bridgehead atoms. The van der Waals surface area contributed by atoms with Gasteiger partial charge in [-0.15, -0.1) is 0 Å². The molecule has 1 N–H and O–H groups in total. The van der Waals surface area contributed by atoms with Crippen LogP contribution in [0.2, 0.25) is 0 Å². The molecule has 1 atom stereocenters. The Morgan fingerprint density at radius 1 is 1.38 bits per heavy atom. The molecule has 16 heavy (non-hydrogen) atoms. The molecule has 2 aromatic heterocycles. The molecule has 5 heteroatoms. The second-order valence-electron chi connectivity index (χ2n) is 3.99. The zero-order valence-electron chi connectivity index (χ0n) is 8.97. The van der Waals surface area contributed by atoms with Crippen LogP contribution in [0.25, 0.3) is 11.5 Å². The highest BCUT2D eigenvalue weighted by atomic mass is 16.5. The minimum absolute atomic E-state index is 0.435. The highest BCUT2D eigenvalue weighted by molar-refractivity contribution is 5.55. The van der Waals surface area contributed by atoms with Crippen LogP contribution in [0.4, 0.5) is 0 Å². The van der Waals surface area contributed by atoms with Gasteiger partial charge in [0.15, 0.2) is 11.5 Å². The predicted molar refractivity (Wildman–Crippen MR) is 57.5 cm³/mol. The lowest BCUT2D eigenvalue weighted by molar-refractivity contribution is 0.354. The van der Waals surface area contributed by atoms with Gasteiger partial charge >= 0.3 is 0 Å². The molecule has 0 amide bonds. The number of hydrogen-bond donors (Lipinski definition) is 1. The Kier molecular flexibility index (Phi) is 2.18. The Labute approximate surface area is 92.9 Å². The molecular weight excluding hydrogens is 204 g/mol. The Balaban J connectivity index is 2.04. The van der Waals surface area contributed by atoms with Crippen LogP contribution in [0.1, 0.15) is 18.2 Å². The van der Waals surface area contributed by atoms with Crippen molar-refractivity contribution >= 4 is 0 Å². The first-order valence-electron chi connectivity index (χ1n) is 5.33. The molecule has 2 aromatic rings. The van der Waals surface area contributed by atoms with E-state index in [0.717, 1.165) is 30.0 Å². The van der Waals surface area contributed by atoms with Crippen LogP contribution < -0.4 is 5.32 Å². The summed E-state index contributed by atoms with van der Waals surface area (Å²) in [5.74, 6) is 1.58. The number of aromatic nitrogens is 3. The number of nitrogens with one attached hydrogen (secondary N) is 1. The van der Waals surface area contributed by atoms with Crippen LogP contribution >= 0.6 is 0 Å². The van der Waals surface area contributed by atoms with E-state index in [9.17, 15) is 0 Å². The standard InChI is InChI=1S/C11H12N4O/c1-7-5-9-8(6-14-7)10(15-16-9)11-12-3-2-4-13-11/h2-4,7,14H,5-6H2,1H3/t7-/m0/s1. The fraction of sp³-hybridized carbons (Fsp3) is 0.364. The van der Waals surface area contributed by atoms with E-state index >= 15 is 0 Å². The van der Waals surface area contributed by atoms with Crippen molar-refractivity contribution in [2.45, 2.75) is 25.9 Å². The summed E-state index contributed by atoms with van der Waals surface area (Å²) in [6, 6.07) is 2.22. The quantitative estimate of drug-likeness (QED) is 0.775. The first kappa shape index (κ1) is 9.47. The van der Waals surface area contributed by atoms with Gasteiger partial charge < -0.3 is 9.84 Å². The summed E-state index contributed by atoms with van der Waals surface area (Å²) in [6.07, 6.45) is 4.29. The average Bonchev–Trinajstić information content (AvgIpc) is 2.73. The lowest BCUT2D eigenvalue weighted by Gasteiger charge is -2.18. The van der Waals surface area contributed by atoms with Crippen LogP contribution in [0, 0.1) is 0 Å². The molecule has 0 radical (unpaired) electrons. The third-order valence-electron chi connectivity index (χ3n) is 2.77. The Hall–Kier alpha value is -1.75. The van der Waals surface area contributed by atoms with Gasteiger partial charge in [0.2, 0.25) is 0 Å². The topological polar surface area (TPSA) is 63.8 Å². The van der Waals surface area contributed by atoms with E-state index < -0.39 is 0 Å². The molecule has 0 spiro atoms. The fourth-order valence-electron chi connectivity index (χ4n) is 1.91. The molecule has 0 aromatic carbocycles. The van der Waals surface area contributed by atoms with Crippen LogP contribution in [0.3, 0.4) is 0 Å². The van der Waals surface area contributed by atoms with Crippen molar-refractivity contribution in [3.05, 3.63) is 29.8 Å². The van der Waals surface area contributed by atoms with Crippen LogP contribution in [0.5, 0.6) is 0 Å². The predicted octanol–water partition coefficient (Wildman–Crippen LogP) is 1.17. The van der Waals surface area contributed by atoms with E-state index in [1.807, 2.05) is 0 Å². The van der Waals surface area contributed by atoms with E-state index in [2.05, 4.69) is 27.4 Å². The van der Waals surface area contributed by atoms with Crippen molar-refractivity contribution in [3.63, 3.8) is 0 Å². The van der Waals surface area contributed by atoms with Crippen molar-refractivity contribution in [1.29, 1.82) is 0 Å². The van der Waals surface area contributed by atoms with Gasteiger partial charge in [-0.3, -0.25) is 0 Å². The third-order valence-corrected chi connectivity index (χ3v) is 2.77. The largest absolute Gasteiger partial charge is 0.360 e. The summed E-state index contributed by atoms with van der Waals surface area (Å²) in [5, 5.41) is 7.44. The van der Waals surface area contributed by atoms with Crippen LogP contribution in [-0.2, 0) is 13.0 Å². The van der Waals surface area contributed by atoms with Crippen LogP contribution in [-0.4, -0.2) is 21.2 Å². The maximum absolute atomic E-state index is 5.34. The number of nitrogens with zero attached hydrogens (tertiary/aromatic N) is 3. The highest BCUT2D eigenvalue weighted by Crippen LogP contribution is 2.25. The molecule has 3 heterocycles. The normalized spacial score (nSPS) is 19.4. The monoisotopic (exact) mass is 216 g/mol. The summed E-state index contributed by atoms with van der Waals surface area (Å²) >= 11 is 0. The van der Waals surface area contributed by atoms with E-state index in [1.54, 1.807) is 18.5 Å². The van der Waals surface area contributed by atoms with Gasteiger partial charge in [0.25, 0.3) is 0 Å². The summed E-state index contributed by atoms with van der Waals surface area (Å²) in [4.78, 5) is 8.37. The molecule has 0 fully saturated rings. The summed E-state index contributed by atoms with van der Waals surface area (Å²) in [5.41, 5.74) is 1.85. The van der Waals surface area contributed by atoms with Crippen molar-refractivity contribution in [1.82, 2.24) is 20.4 Å². The molecule has 0 aliphatic carbocycles. The molecule has 3 rings (SSSR count). The van der Waals surface area contributed by atoms with Crippen LogP contribution in [0.15, 0.2) is 23.0 Å². The lowest BCUT2D eigenvalue weighted by atomic mass is 10.0. The van der Waals surface area contributed by atoms with Gasteiger partial charge in [-0.2, -0.15) is 0 Å². The Morgan fingerprint density at radius 2 is 2.19 bits per heavy atom. The molecule has 1 aliphatic heterocycles. The first-order valence-corrected chi connectivity index (χ1v) is 5.33. The summed E-state index contributed by atoms with van der Waals surface area (Å²) < 4.78 is 5.34. The smallest absolute Gasteiger partial charge is 0.182 e. The van der Waals surface area contributed by atoms with E-state index in [-0.39, 0.29) is 0 Å². The van der Waals surface area contributed by atoms with E-state index in [0.29, 0.717) is 11.9 Å². The molecule has 0 saturated carbocycles. The molecule has 0 unspecified atom stereocenters. The lowest BCUT2D eigenvalue weighted by Crippen LogP contribution is -2.32. The second-order valence-corrected chi connectivity index (χ2v) is 3.99. The molecule has 0 saturated heterocycles. The van der Waals surface area contributed by atoms with Gasteiger partial charge in [-0.25, -0.2) is 9.97 Å². The Morgan fingerprint density at radius 3 is 3.00 bits per heavy atom. The van der Waals surface area contributed by atoms with Crippen molar-refractivity contribution < 1.29 is 4.52 Å². The molecule has 1 aliphatic rings. The highest BCUT2D eigenvalue weighted by Gasteiger charge is 2.24. The van der Waals surface area contributed by atoms with E-state index in [1.165, 1.54) is 0 Å². The summed E-state index contributed by atoms with van der Waals surface area (Å²) in [6.45, 7) is 2.90. The van der Waals surface area contributed by atoms with Gasteiger partial charge in [0, 0.05) is 37.0 Å². The second kappa shape index (κ2) is 3.68. The summed E-state index contributed by atoms with van der Waals surface area (Å²) in [7, 11) is 0.